The molecule has 0 aromatic carbocycles. The van der Waals surface area contributed by atoms with Crippen LogP contribution in [0.4, 0.5) is 0 Å². The number of aliphatic hydroxyl groups excluding tert-OH is 1. The van der Waals surface area contributed by atoms with Crippen LogP contribution in [0.2, 0.25) is 0 Å². The molecule has 354 valence electrons. The number of hydrogen-bond donors (Lipinski definition) is 2. The number of rotatable bonds is 46. The average Bonchev–Trinajstić information content (AvgIpc) is 3.20. The molecule has 0 aliphatic rings. The minimum atomic E-state index is -4.59. The van der Waals surface area contributed by atoms with Gasteiger partial charge in [0.25, 0.3) is 7.82 Å². The lowest BCUT2D eigenvalue weighted by molar-refractivity contribution is -0.870. The molecule has 0 fully saturated rings. The first-order valence-electron chi connectivity index (χ1n) is 25.4. The van der Waals surface area contributed by atoms with Gasteiger partial charge in [0.2, 0.25) is 5.91 Å². The molecule has 0 aromatic heterocycles. The lowest BCUT2D eigenvalue weighted by Gasteiger charge is -2.29. The van der Waals surface area contributed by atoms with Crippen LogP contribution in [-0.4, -0.2) is 68.5 Å². The maximum atomic E-state index is 12.7. The Bertz CT molecular complexity index is 1070. The Morgan fingerprint density at radius 1 is 0.567 bits per heavy atom. The molecular weight excluding hydrogens is 768 g/mol. The third-order valence-electron chi connectivity index (χ3n) is 11.3. The van der Waals surface area contributed by atoms with Gasteiger partial charge in [-0.25, -0.2) is 0 Å². The first-order chi connectivity index (χ1) is 29.0. The predicted octanol–water partition coefficient (Wildman–Crippen LogP) is 14.0. The van der Waals surface area contributed by atoms with Gasteiger partial charge >= 0.3 is 0 Å². The van der Waals surface area contributed by atoms with Crippen LogP contribution < -0.4 is 10.2 Å². The molecule has 0 aromatic rings. The number of aliphatic hydroxyl groups is 1. The van der Waals surface area contributed by atoms with Crippen LogP contribution in [0.1, 0.15) is 232 Å². The second-order valence-corrected chi connectivity index (χ2v) is 19.9. The molecular formula is C51H99N2O6P. The van der Waals surface area contributed by atoms with Crippen molar-refractivity contribution in [2.45, 2.75) is 244 Å². The van der Waals surface area contributed by atoms with Gasteiger partial charge in [0.1, 0.15) is 13.2 Å². The predicted molar refractivity (Wildman–Crippen MR) is 256 cm³/mol. The van der Waals surface area contributed by atoms with Crippen LogP contribution in [0.15, 0.2) is 36.5 Å². The summed E-state index contributed by atoms with van der Waals surface area (Å²) in [4.78, 5) is 25.1. The summed E-state index contributed by atoms with van der Waals surface area (Å²) in [6.07, 6.45) is 54.0. The zero-order chi connectivity index (χ0) is 44.3. The molecule has 3 atom stereocenters. The van der Waals surface area contributed by atoms with E-state index in [1.165, 1.54) is 167 Å². The van der Waals surface area contributed by atoms with Crippen molar-refractivity contribution in [3.63, 3.8) is 0 Å². The van der Waals surface area contributed by atoms with Crippen LogP contribution >= 0.6 is 7.82 Å². The van der Waals surface area contributed by atoms with Gasteiger partial charge < -0.3 is 28.8 Å². The number of phosphoric acid groups is 1. The summed E-state index contributed by atoms with van der Waals surface area (Å²) in [5, 5.41) is 13.7. The number of likely N-dealkylation sites (N-methyl/N-ethyl adjacent to an activating group) is 1. The van der Waals surface area contributed by atoms with Crippen molar-refractivity contribution in [2.24, 2.45) is 0 Å². The Hall–Kier alpha value is -1.28. The van der Waals surface area contributed by atoms with Crippen LogP contribution in [0, 0.1) is 0 Å². The van der Waals surface area contributed by atoms with Crippen LogP contribution in [0.25, 0.3) is 0 Å². The minimum absolute atomic E-state index is 0.00843. The van der Waals surface area contributed by atoms with Gasteiger partial charge in [0.15, 0.2) is 0 Å². The Kier molecular flexibility index (Phi) is 42.1. The van der Waals surface area contributed by atoms with Crippen molar-refractivity contribution < 1.29 is 32.9 Å². The fraction of sp³-hybridized carbons (Fsp3) is 0.863. The first-order valence-corrected chi connectivity index (χ1v) is 26.8. The van der Waals surface area contributed by atoms with Gasteiger partial charge in [-0.15, -0.1) is 0 Å². The summed E-state index contributed by atoms with van der Waals surface area (Å²) in [7, 11) is 1.24. The molecule has 0 bridgehead atoms. The fourth-order valence-electron chi connectivity index (χ4n) is 7.30. The van der Waals surface area contributed by atoms with E-state index in [9.17, 15) is 19.4 Å². The van der Waals surface area contributed by atoms with Crippen LogP contribution in [0.5, 0.6) is 0 Å². The normalized spacial score (nSPS) is 14.4. The fourth-order valence-corrected chi connectivity index (χ4v) is 8.03. The van der Waals surface area contributed by atoms with Crippen molar-refractivity contribution >= 4 is 13.7 Å². The number of allylic oxidation sites excluding steroid dienone is 5. The van der Waals surface area contributed by atoms with E-state index in [0.717, 1.165) is 44.9 Å². The Balaban J connectivity index is 4.07. The van der Waals surface area contributed by atoms with E-state index in [4.69, 9.17) is 9.05 Å². The molecule has 0 saturated carbocycles. The van der Waals surface area contributed by atoms with Crippen molar-refractivity contribution in [3.8, 4) is 0 Å². The van der Waals surface area contributed by atoms with Crippen LogP contribution in [0.3, 0.4) is 0 Å². The SMILES string of the molecule is CCCCCCCCCCCCCCCCCCCCCCC/C=C/CC/C=C/CC/C=C/C(O)C(COP(=O)([O-])OCC[N+](C)(C)C)NC(=O)CCCCCCCCC. The molecule has 8 nitrogen and oxygen atoms in total. The van der Waals surface area contributed by atoms with E-state index >= 15 is 0 Å². The molecule has 9 heteroatoms. The standard InChI is InChI=1S/C51H99N2O6P/c1-6-8-10-12-14-15-16-17-18-19-20-21-22-23-24-25-26-27-28-29-30-31-32-33-34-35-36-37-39-40-42-44-50(54)49(48-59-60(56,57)58-47-46-53(3,4)5)52-51(55)45-43-41-38-13-11-9-7-2/h32-33,36-37,42,44,49-50,54H,6-31,34-35,38-41,43,45-48H2,1-5H3,(H-,52,55,56,57)/b33-32+,37-36+,44-42+. The number of unbranched alkanes of at least 4 members (excludes halogenated alkanes) is 29. The molecule has 1 amide bonds. The zero-order valence-electron chi connectivity index (χ0n) is 40.2. The number of phosphoric ester groups is 1. The summed E-state index contributed by atoms with van der Waals surface area (Å²) in [6.45, 7) is 4.57. The smallest absolute Gasteiger partial charge is 0.268 e. The molecule has 60 heavy (non-hydrogen) atoms. The average molecular weight is 867 g/mol. The van der Waals surface area contributed by atoms with Crippen molar-refractivity contribution in [1.29, 1.82) is 0 Å². The van der Waals surface area contributed by atoms with Crippen molar-refractivity contribution in [3.05, 3.63) is 36.5 Å². The highest BCUT2D eigenvalue weighted by Gasteiger charge is 2.23. The largest absolute Gasteiger partial charge is 0.756 e. The maximum Gasteiger partial charge on any atom is 0.268 e. The summed E-state index contributed by atoms with van der Waals surface area (Å²) in [5.41, 5.74) is 0. The van der Waals surface area contributed by atoms with Crippen molar-refractivity contribution in [1.82, 2.24) is 5.32 Å². The zero-order valence-corrected chi connectivity index (χ0v) is 41.1. The number of nitrogens with zero attached hydrogens (tertiary/aromatic N) is 1. The summed E-state index contributed by atoms with van der Waals surface area (Å²) < 4.78 is 23.1. The lowest BCUT2D eigenvalue weighted by Crippen LogP contribution is -2.45. The summed E-state index contributed by atoms with van der Waals surface area (Å²) >= 11 is 0. The van der Waals surface area contributed by atoms with Gasteiger partial charge in [-0.05, 0) is 44.9 Å². The lowest BCUT2D eigenvalue weighted by atomic mass is 10.0. The Morgan fingerprint density at radius 3 is 1.35 bits per heavy atom. The van der Waals surface area contributed by atoms with E-state index in [0.29, 0.717) is 17.4 Å². The molecule has 2 N–H and O–H groups in total. The third kappa shape index (κ3) is 44.8. The Morgan fingerprint density at radius 2 is 0.933 bits per heavy atom. The van der Waals surface area contributed by atoms with Crippen LogP contribution in [-0.2, 0) is 18.4 Å². The van der Waals surface area contributed by atoms with E-state index in [1.807, 2.05) is 27.2 Å². The summed E-state index contributed by atoms with van der Waals surface area (Å²) in [6, 6.07) is -0.904. The second kappa shape index (κ2) is 43.0. The van der Waals surface area contributed by atoms with E-state index in [-0.39, 0.29) is 12.5 Å². The third-order valence-corrected chi connectivity index (χ3v) is 12.3. The van der Waals surface area contributed by atoms with Gasteiger partial charge in [0.05, 0.1) is 39.9 Å². The molecule has 0 spiro atoms. The first kappa shape index (κ1) is 58.7. The topological polar surface area (TPSA) is 108 Å². The number of hydrogen-bond acceptors (Lipinski definition) is 6. The molecule has 0 heterocycles. The number of nitrogens with one attached hydrogen (secondary N) is 1. The highest BCUT2D eigenvalue weighted by molar-refractivity contribution is 7.45. The summed E-state index contributed by atoms with van der Waals surface area (Å²) in [5.74, 6) is -0.218. The highest BCUT2D eigenvalue weighted by Crippen LogP contribution is 2.38. The number of carbonyl (C=O) groups is 1. The molecule has 0 radical (unpaired) electrons. The molecule has 3 unspecified atom stereocenters. The van der Waals surface area contributed by atoms with E-state index in [2.05, 4.69) is 43.5 Å². The Labute approximate surface area is 372 Å². The van der Waals surface area contributed by atoms with Gasteiger partial charge in [0, 0.05) is 6.42 Å². The van der Waals surface area contributed by atoms with Crippen molar-refractivity contribution in [2.75, 3.05) is 40.9 Å². The van der Waals surface area contributed by atoms with Gasteiger partial charge in [-0.1, -0.05) is 217 Å². The maximum absolute atomic E-state index is 12.7. The second-order valence-electron chi connectivity index (χ2n) is 18.5. The molecule has 0 rings (SSSR count). The quantitative estimate of drug-likeness (QED) is 0.0273. The molecule has 0 aliphatic carbocycles. The number of carbonyl (C=O) groups excluding carboxylic acids is 1. The molecule has 0 saturated heterocycles. The van der Waals surface area contributed by atoms with E-state index in [1.54, 1.807) is 6.08 Å². The van der Waals surface area contributed by atoms with Gasteiger partial charge in [-0.3, -0.25) is 9.36 Å². The van der Waals surface area contributed by atoms with E-state index < -0.39 is 26.6 Å². The highest BCUT2D eigenvalue weighted by atomic mass is 31.2. The monoisotopic (exact) mass is 867 g/mol. The van der Waals surface area contributed by atoms with Gasteiger partial charge in [-0.2, -0.15) is 0 Å². The number of amides is 1. The molecule has 0 aliphatic heterocycles. The number of quaternary nitrogens is 1. The minimum Gasteiger partial charge on any atom is -0.756 e.